The minimum atomic E-state index is -3.54. The number of aromatic nitrogens is 1. The fourth-order valence-corrected chi connectivity index (χ4v) is 2.92. The molecule has 1 aromatic rings. The number of nitrogens with zero attached hydrogens (tertiary/aromatic N) is 1. The molecular weight excluding hydrogens is 278 g/mol. The maximum absolute atomic E-state index is 12.1. The van der Waals surface area contributed by atoms with E-state index in [-0.39, 0.29) is 17.5 Å². The lowest BCUT2D eigenvalue weighted by molar-refractivity contribution is 0.0762. The Morgan fingerprint density at radius 3 is 2.80 bits per heavy atom. The third-order valence-electron chi connectivity index (χ3n) is 2.65. The molecule has 20 heavy (non-hydrogen) atoms. The number of pyridine rings is 1. The number of ether oxygens (including phenoxy) is 1. The van der Waals surface area contributed by atoms with E-state index in [4.69, 9.17) is 10.5 Å². The summed E-state index contributed by atoms with van der Waals surface area (Å²) in [6, 6.07) is 3.10. The monoisotopic (exact) mass is 301 g/mol. The van der Waals surface area contributed by atoms with Crippen molar-refractivity contribution >= 4 is 10.0 Å². The maximum atomic E-state index is 12.1. The van der Waals surface area contributed by atoms with Gasteiger partial charge in [-0.05, 0) is 38.8 Å². The lowest BCUT2D eigenvalue weighted by Crippen LogP contribution is -2.26. The lowest BCUT2D eigenvalue weighted by Gasteiger charge is -2.10. The highest BCUT2D eigenvalue weighted by Crippen LogP contribution is 2.12. The molecule has 1 heterocycles. The van der Waals surface area contributed by atoms with E-state index in [0.717, 1.165) is 12.8 Å². The van der Waals surface area contributed by atoms with E-state index in [2.05, 4.69) is 9.71 Å². The summed E-state index contributed by atoms with van der Waals surface area (Å²) < 4.78 is 32.2. The number of nitrogens with one attached hydrogen (secondary N) is 1. The summed E-state index contributed by atoms with van der Waals surface area (Å²) in [5.41, 5.74) is 5.88. The van der Waals surface area contributed by atoms with Crippen molar-refractivity contribution in [3.8, 4) is 0 Å². The van der Waals surface area contributed by atoms with Gasteiger partial charge in [-0.2, -0.15) is 0 Å². The number of rotatable bonds is 9. The largest absolute Gasteiger partial charge is 0.379 e. The van der Waals surface area contributed by atoms with E-state index in [1.807, 2.05) is 13.8 Å². The quantitative estimate of drug-likeness (QED) is 0.664. The van der Waals surface area contributed by atoms with Gasteiger partial charge in [-0.25, -0.2) is 13.1 Å². The summed E-state index contributed by atoms with van der Waals surface area (Å²) >= 11 is 0. The van der Waals surface area contributed by atoms with Crippen LogP contribution >= 0.6 is 0 Å². The fourth-order valence-electron chi connectivity index (χ4n) is 1.65. The zero-order chi connectivity index (χ0) is 15.0. The van der Waals surface area contributed by atoms with Crippen LogP contribution in [0, 0.1) is 0 Å². The molecule has 0 spiro atoms. The first kappa shape index (κ1) is 17.0. The SMILES string of the molecule is CC(C)OCCCCNS(=O)(=O)c1cccnc1CN. The van der Waals surface area contributed by atoms with Gasteiger partial charge in [0.1, 0.15) is 4.90 Å². The van der Waals surface area contributed by atoms with Crippen LogP contribution in [0.25, 0.3) is 0 Å². The molecule has 1 rings (SSSR count). The molecule has 1 aromatic heterocycles. The van der Waals surface area contributed by atoms with Crippen LogP contribution in [-0.2, 0) is 21.3 Å². The van der Waals surface area contributed by atoms with Gasteiger partial charge in [0.05, 0.1) is 11.8 Å². The summed E-state index contributed by atoms with van der Waals surface area (Å²) in [6.45, 7) is 5.06. The number of unbranched alkanes of at least 4 members (excludes halogenated alkanes) is 1. The molecule has 3 N–H and O–H groups in total. The van der Waals surface area contributed by atoms with Gasteiger partial charge in [0, 0.05) is 25.9 Å². The first-order valence-electron chi connectivity index (χ1n) is 6.72. The number of sulfonamides is 1. The van der Waals surface area contributed by atoms with Gasteiger partial charge in [0.15, 0.2) is 0 Å². The molecule has 0 amide bonds. The van der Waals surface area contributed by atoms with Gasteiger partial charge in [-0.15, -0.1) is 0 Å². The van der Waals surface area contributed by atoms with E-state index < -0.39 is 10.0 Å². The lowest BCUT2D eigenvalue weighted by atomic mass is 10.3. The molecule has 7 heteroatoms. The summed E-state index contributed by atoms with van der Waals surface area (Å²) in [5.74, 6) is 0. The van der Waals surface area contributed by atoms with Gasteiger partial charge < -0.3 is 10.5 Å². The van der Waals surface area contributed by atoms with Crippen molar-refractivity contribution in [1.82, 2.24) is 9.71 Å². The predicted octanol–water partition coefficient (Wildman–Crippen LogP) is 1.02. The Morgan fingerprint density at radius 1 is 1.40 bits per heavy atom. The van der Waals surface area contributed by atoms with Crippen LogP contribution in [0.2, 0.25) is 0 Å². The molecule has 0 aromatic carbocycles. The second-order valence-electron chi connectivity index (χ2n) is 4.68. The minimum absolute atomic E-state index is 0.0965. The van der Waals surface area contributed by atoms with Crippen LogP contribution in [0.3, 0.4) is 0 Å². The zero-order valence-corrected chi connectivity index (χ0v) is 12.8. The predicted molar refractivity (Wildman–Crippen MR) is 77.6 cm³/mol. The molecule has 114 valence electrons. The summed E-state index contributed by atoms with van der Waals surface area (Å²) in [4.78, 5) is 4.13. The topological polar surface area (TPSA) is 94.3 Å². The van der Waals surface area contributed by atoms with Crippen LogP contribution in [-0.4, -0.2) is 32.7 Å². The third kappa shape index (κ3) is 5.54. The third-order valence-corrected chi connectivity index (χ3v) is 4.18. The number of nitrogens with two attached hydrogens (primary N) is 1. The molecule has 0 saturated heterocycles. The Kier molecular flexibility index (Phi) is 7.08. The molecule has 0 aliphatic carbocycles. The highest BCUT2D eigenvalue weighted by atomic mass is 32.2. The Bertz CT molecular complexity index is 503. The Balaban J connectivity index is 2.46. The van der Waals surface area contributed by atoms with Crippen LogP contribution in [0.1, 0.15) is 32.4 Å². The van der Waals surface area contributed by atoms with E-state index in [9.17, 15) is 8.42 Å². The van der Waals surface area contributed by atoms with Crippen molar-refractivity contribution in [3.63, 3.8) is 0 Å². The minimum Gasteiger partial charge on any atom is -0.379 e. The van der Waals surface area contributed by atoms with E-state index in [1.165, 1.54) is 12.3 Å². The Labute approximate surface area is 120 Å². The summed E-state index contributed by atoms with van der Waals surface area (Å²) in [5, 5.41) is 0. The van der Waals surface area contributed by atoms with Crippen LogP contribution in [0.15, 0.2) is 23.2 Å². The molecule has 6 nitrogen and oxygen atoms in total. The molecule has 0 fully saturated rings. The van der Waals surface area contributed by atoms with Gasteiger partial charge in [-0.3, -0.25) is 4.98 Å². The molecule has 0 saturated carbocycles. The van der Waals surface area contributed by atoms with Crippen molar-refractivity contribution in [2.45, 2.75) is 44.2 Å². The molecule has 0 aliphatic rings. The van der Waals surface area contributed by atoms with Gasteiger partial charge >= 0.3 is 0 Å². The average Bonchev–Trinajstić information content (AvgIpc) is 2.42. The van der Waals surface area contributed by atoms with Crippen molar-refractivity contribution in [2.24, 2.45) is 5.73 Å². The Morgan fingerprint density at radius 2 is 2.15 bits per heavy atom. The van der Waals surface area contributed by atoms with Gasteiger partial charge in [0.25, 0.3) is 0 Å². The van der Waals surface area contributed by atoms with Crippen molar-refractivity contribution in [3.05, 3.63) is 24.0 Å². The van der Waals surface area contributed by atoms with Crippen LogP contribution in [0.5, 0.6) is 0 Å². The summed E-state index contributed by atoms with van der Waals surface area (Å²) in [6.07, 6.45) is 3.28. The van der Waals surface area contributed by atoms with E-state index in [1.54, 1.807) is 6.07 Å². The second-order valence-corrected chi connectivity index (χ2v) is 6.41. The van der Waals surface area contributed by atoms with Crippen molar-refractivity contribution in [2.75, 3.05) is 13.2 Å². The smallest absolute Gasteiger partial charge is 0.242 e. The second kappa shape index (κ2) is 8.31. The summed E-state index contributed by atoms with van der Waals surface area (Å²) in [7, 11) is -3.54. The first-order valence-corrected chi connectivity index (χ1v) is 8.21. The first-order chi connectivity index (χ1) is 9.47. The maximum Gasteiger partial charge on any atom is 0.242 e. The highest BCUT2D eigenvalue weighted by Gasteiger charge is 2.17. The van der Waals surface area contributed by atoms with Gasteiger partial charge in [0.2, 0.25) is 10.0 Å². The Hall–Kier alpha value is -1.02. The molecule has 0 radical (unpaired) electrons. The van der Waals surface area contributed by atoms with Crippen LogP contribution in [0.4, 0.5) is 0 Å². The number of hydrogen-bond acceptors (Lipinski definition) is 5. The molecule has 0 bridgehead atoms. The molecule has 0 atom stereocenters. The van der Waals surface area contributed by atoms with Gasteiger partial charge in [-0.1, -0.05) is 0 Å². The normalized spacial score (nSPS) is 12.0. The van der Waals surface area contributed by atoms with Crippen LogP contribution < -0.4 is 10.5 Å². The standard InChI is InChI=1S/C13H23N3O3S/c1-11(2)19-9-4-3-8-16-20(17,18)13-6-5-7-15-12(13)10-14/h5-7,11,16H,3-4,8-10,14H2,1-2H3. The molecular formula is C13H23N3O3S. The zero-order valence-electron chi connectivity index (χ0n) is 12.0. The van der Waals surface area contributed by atoms with Crippen molar-refractivity contribution < 1.29 is 13.2 Å². The number of hydrogen-bond donors (Lipinski definition) is 2. The van der Waals surface area contributed by atoms with E-state index in [0.29, 0.717) is 18.8 Å². The average molecular weight is 301 g/mol. The highest BCUT2D eigenvalue weighted by molar-refractivity contribution is 7.89. The molecule has 0 aliphatic heterocycles. The van der Waals surface area contributed by atoms with Crippen molar-refractivity contribution in [1.29, 1.82) is 0 Å². The molecule has 0 unspecified atom stereocenters. The van der Waals surface area contributed by atoms with E-state index >= 15 is 0 Å². The fraction of sp³-hybridized carbons (Fsp3) is 0.615.